The highest BCUT2D eigenvalue weighted by Gasteiger charge is 2.17. The third-order valence-corrected chi connectivity index (χ3v) is 6.10. The van der Waals surface area contributed by atoms with Crippen LogP contribution in [0, 0.1) is 0 Å². The van der Waals surface area contributed by atoms with E-state index in [1.807, 2.05) is 36.4 Å². The lowest BCUT2D eigenvalue weighted by Crippen LogP contribution is -2.65. The van der Waals surface area contributed by atoms with Gasteiger partial charge >= 0.3 is 5.23 Å². The van der Waals surface area contributed by atoms with E-state index in [0.717, 1.165) is 67.9 Å². The van der Waals surface area contributed by atoms with Crippen molar-refractivity contribution in [3.05, 3.63) is 59.1 Å². The third kappa shape index (κ3) is 10.6. The van der Waals surface area contributed by atoms with Crippen LogP contribution < -0.4 is 9.73 Å². The van der Waals surface area contributed by atoms with Crippen LogP contribution >= 0.6 is 48.2 Å². The second kappa shape index (κ2) is 16.4. The number of rotatable bonds is 8. The largest absolute Gasteiger partial charge is 0.497 e. The zero-order valence-corrected chi connectivity index (χ0v) is 21.3. The molecular formula is C22H33Cl3N3O3S+. The van der Waals surface area contributed by atoms with Crippen molar-refractivity contribution < 1.29 is 20.3 Å². The topological polar surface area (TPSA) is 81.4 Å². The first kappa shape index (κ1) is 30.8. The lowest BCUT2D eigenvalue weighted by Gasteiger charge is -2.34. The maximum Gasteiger partial charge on any atom is 0.402 e. The van der Waals surface area contributed by atoms with Crippen LogP contribution in [-0.4, -0.2) is 71.2 Å². The van der Waals surface area contributed by atoms with Gasteiger partial charge < -0.3 is 20.2 Å². The number of benzene rings is 2. The number of hydrogen-bond acceptors (Lipinski definition) is 4. The Morgan fingerprint density at radius 1 is 1.00 bits per heavy atom. The molecule has 0 saturated carbocycles. The molecule has 4 N–H and O–H groups in total. The highest BCUT2D eigenvalue weighted by Crippen LogP contribution is 2.14. The number of aliphatic hydroxyl groups excluding tert-OH is 1. The van der Waals surface area contributed by atoms with Crippen LogP contribution in [0.4, 0.5) is 5.69 Å². The second-order valence-electron chi connectivity index (χ2n) is 7.10. The van der Waals surface area contributed by atoms with E-state index < -0.39 is 0 Å². The fourth-order valence-electron chi connectivity index (χ4n) is 3.31. The van der Waals surface area contributed by atoms with Crippen molar-refractivity contribution in [2.24, 2.45) is 0 Å². The summed E-state index contributed by atoms with van der Waals surface area (Å²) in [6, 6.07) is 15.6. The minimum absolute atomic E-state index is 0. The van der Waals surface area contributed by atoms with E-state index in [-0.39, 0.29) is 35.5 Å². The van der Waals surface area contributed by atoms with E-state index in [1.165, 1.54) is 17.3 Å². The summed E-state index contributed by atoms with van der Waals surface area (Å²) < 4.78 is 5.14. The van der Waals surface area contributed by atoms with E-state index in [1.54, 1.807) is 7.11 Å². The molecule has 6 nitrogen and oxygen atoms in total. The maximum absolute atomic E-state index is 10.1. The second-order valence-corrected chi connectivity index (χ2v) is 8.62. The molecule has 0 unspecified atom stereocenters. The lowest BCUT2D eigenvalue weighted by molar-refractivity contribution is -0.360. The highest BCUT2D eigenvalue weighted by atomic mass is 35.5. The molecule has 0 amide bonds. The fourth-order valence-corrected chi connectivity index (χ4v) is 4.09. The van der Waals surface area contributed by atoms with Crippen molar-refractivity contribution in [2.75, 3.05) is 45.6 Å². The number of nitrogens with zero attached hydrogens (tertiary/aromatic N) is 2. The molecule has 0 radical (unpaired) electrons. The van der Waals surface area contributed by atoms with Gasteiger partial charge in [0.2, 0.25) is 5.69 Å². The fraction of sp³-hybridized carbons (Fsp3) is 0.409. The Bertz CT molecular complexity index is 787. The molecule has 0 atom stereocenters. The molecule has 2 aromatic carbocycles. The Balaban J connectivity index is 0.00000320. The van der Waals surface area contributed by atoms with Crippen molar-refractivity contribution in [1.29, 1.82) is 0 Å². The van der Waals surface area contributed by atoms with Gasteiger partial charge in [-0.25, -0.2) is 0 Å². The van der Waals surface area contributed by atoms with Gasteiger partial charge in [-0.05, 0) is 54.6 Å². The van der Waals surface area contributed by atoms with Crippen LogP contribution in [0.3, 0.4) is 0 Å². The lowest BCUT2D eigenvalue weighted by atomic mass is 10.2. The predicted octanol–water partition coefficient (Wildman–Crippen LogP) is 2.93. The monoisotopic (exact) mass is 524 g/mol. The summed E-state index contributed by atoms with van der Waals surface area (Å²) in [5.41, 5.74) is 2.17. The summed E-state index contributed by atoms with van der Waals surface area (Å²) in [5.74, 6) is 1.69. The van der Waals surface area contributed by atoms with Gasteiger partial charge in [0.1, 0.15) is 5.75 Å². The Hall–Kier alpha value is -1.19. The third-order valence-electron chi connectivity index (χ3n) is 4.98. The predicted molar refractivity (Wildman–Crippen MR) is 140 cm³/mol. The summed E-state index contributed by atoms with van der Waals surface area (Å²) in [6.45, 7) is 6.42. The van der Waals surface area contributed by atoms with Crippen molar-refractivity contribution in [3.8, 4) is 5.75 Å². The standard InChI is InChI=1S/C22H28ClN3O2S.2ClH.H2O/c1-28-21-9-7-20(8-10-21)24-22(27)29-16-2-11-25-12-14-26(15-13-25)17-18-3-5-19(23)6-4-18;;;/h3-10H,2,11-17H2,1H3,(H,24,27);2*1H;1H2/p+1. The Morgan fingerprint density at radius 2 is 1.59 bits per heavy atom. The molecule has 1 heterocycles. The zero-order chi connectivity index (χ0) is 20.5. The average molecular weight is 526 g/mol. The van der Waals surface area contributed by atoms with Crippen LogP contribution in [0.2, 0.25) is 5.02 Å². The van der Waals surface area contributed by atoms with Crippen LogP contribution in [0.5, 0.6) is 5.75 Å². The molecule has 10 heteroatoms. The number of halogens is 3. The quantitative estimate of drug-likeness (QED) is 0.315. The van der Waals surface area contributed by atoms with Crippen molar-refractivity contribution >= 4 is 59.1 Å². The number of hydrogen-bond donors (Lipinski definition) is 2. The van der Waals surface area contributed by atoms with E-state index in [2.05, 4.69) is 26.9 Å². The average Bonchev–Trinajstić information content (AvgIpc) is 2.74. The molecule has 32 heavy (non-hydrogen) atoms. The summed E-state index contributed by atoms with van der Waals surface area (Å²) in [6.07, 6.45) is 1.05. The van der Waals surface area contributed by atoms with E-state index in [0.29, 0.717) is 0 Å². The zero-order valence-electron chi connectivity index (χ0n) is 18.1. The number of piperazine rings is 1. The SMILES string of the molecule is COc1ccc([NH+]=C(O)SCCCN2CCN(Cc3ccc(Cl)cc3)CC2)cc1.Cl.Cl.O. The van der Waals surface area contributed by atoms with Gasteiger partial charge in [-0.1, -0.05) is 23.7 Å². The number of ether oxygens (including phenoxy) is 1. The molecule has 3 rings (SSSR count). The Labute approximate surface area is 212 Å². The summed E-state index contributed by atoms with van der Waals surface area (Å²) >= 11 is 7.41. The van der Waals surface area contributed by atoms with Crippen molar-refractivity contribution in [2.45, 2.75) is 13.0 Å². The van der Waals surface area contributed by atoms with Gasteiger partial charge in [0, 0.05) is 55.6 Å². The van der Waals surface area contributed by atoms with Gasteiger partial charge in [-0.15, -0.1) is 24.8 Å². The molecule has 180 valence electrons. The molecule has 1 saturated heterocycles. The van der Waals surface area contributed by atoms with Gasteiger partial charge in [-0.3, -0.25) is 4.90 Å². The first-order chi connectivity index (χ1) is 14.1. The van der Waals surface area contributed by atoms with Crippen molar-refractivity contribution in [3.63, 3.8) is 0 Å². The Kier molecular flexibility index (Phi) is 15.8. The highest BCUT2D eigenvalue weighted by molar-refractivity contribution is 8.13. The minimum atomic E-state index is 0. The van der Waals surface area contributed by atoms with E-state index in [4.69, 9.17) is 16.3 Å². The van der Waals surface area contributed by atoms with Gasteiger partial charge in [0.15, 0.2) is 0 Å². The molecule has 0 aliphatic carbocycles. The Morgan fingerprint density at radius 3 is 2.19 bits per heavy atom. The number of methoxy groups -OCH3 is 1. The molecule has 2 aromatic rings. The van der Waals surface area contributed by atoms with Crippen LogP contribution in [0.25, 0.3) is 0 Å². The van der Waals surface area contributed by atoms with Crippen LogP contribution in [0.1, 0.15) is 12.0 Å². The normalized spacial score (nSPS) is 14.6. The van der Waals surface area contributed by atoms with E-state index >= 15 is 0 Å². The number of aliphatic hydroxyl groups is 1. The molecule has 0 spiro atoms. The molecular weight excluding hydrogens is 493 g/mol. The molecule has 0 aromatic heterocycles. The van der Waals surface area contributed by atoms with Gasteiger partial charge in [-0.2, -0.15) is 4.99 Å². The molecule has 0 bridgehead atoms. The smallest absolute Gasteiger partial charge is 0.402 e. The number of nitrogens with one attached hydrogen (secondary N) is 1. The number of thioether (sulfide) groups is 1. The first-order valence-corrected chi connectivity index (χ1v) is 11.3. The van der Waals surface area contributed by atoms with E-state index in [9.17, 15) is 5.11 Å². The molecule has 1 aliphatic heterocycles. The van der Waals surface area contributed by atoms with Gasteiger partial charge in [0.05, 0.1) is 7.11 Å². The van der Waals surface area contributed by atoms with Crippen LogP contribution in [-0.2, 0) is 6.54 Å². The van der Waals surface area contributed by atoms with Gasteiger partial charge in [0.25, 0.3) is 0 Å². The summed E-state index contributed by atoms with van der Waals surface area (Å²) in [7, 11) is 1.64. The summed E-state index contributed by atoms with van der Waals surface area (Å²) in [4.78, 5) is 8.01. The molecule has 1 fully saturated rings. The van der Waals surface area contributed by atoms with Crippen LogP contribution in [0.15, 0.2) is 48.5 Å². The van der Waals surface area contributed by atoms with Crippen molar-refractivity contribution in [1.82, 2.24) is 9.80 Å². The molecule has 1 aliphatic rings. The first-order valence-electron chi connectivity index (χ1n) is 9.91. The summed E-state index contributed by atoms with van der Waals surface area (Å²) in [5, 5.41) is 11.1. The maximum atomic E-state index is 10.1. The minimum Gasteiger partial charge on any atom is -0.497 e.